The van der Waals surface area contributed by atoms with E-state index in [0.29, 0.717) is 0 Å². The summed E-state index contributed by atoms with van der Waals surface area (Å²) in [5, 5.41) is 0. The Bertz CT molecular complexity index is 82.2. The molecule has 1 rings (SSSR count). The van der Waals surface area contributed by atoms with Gasteiger partial charge in [-0.2, -0.15) is 0 Å². The third-order valence-corrected chi connectivity index (χ3v) is 1.78. The van der Waals surface area contributed by atoms with E-state index in [-0.39, 0.29) is 7.43 Å². The highest BCUT2D eigenvalue weighted by molar-refractivity contribution is 4.61. The minimum atomic E-state index is 0. The van der Waals surface area contributed by atoms with Crippen LogP contribution in [0.2, 0.25) is 0 Å². The molecule has 3 nitrogen and oxygen atoms in total. The SMILES string of the molecule is C.NCCCN1CCOCC1. The first-order valence-electron chi connectivity index (χ1n) is 3.93. The van der Waals surface area contributed by atoms with Crippen molar-refractivity contribution < 1.29 is 4.74 Å². The van der Waals surface area contributed by atoms with Crippen molar-refractivity contribution in [3.8, 4) is 0 Å². The van der Waals surface area contributed by atoms with Crippen molar-refractivity contribution in [1.29, 1.82) is 0 Å². The molecule has 0 aromatic heterocycles. The van der Waals surface area contributed by atoms with Gasteiger partial charge in [0.05, 0.1) is 13.2 Å². The monoisotopic (exact) mass is 160 g/mol. The van der Waals surface area contributed by atoms with Crippen molar-refractivity contribution >= 4 is 0 Å². The molecule has 1 aliphatic rings. The van der Waals surface area contributed by atoms with Gasteiger partial charge in [-0.3, -0.25) is 4.90 Å². The van der Waals surface area contributed by atoms with Gasteiger partial charge in [-0.1, -0.05) is 7.43 Å². The lowest BCUT2D eigenvalue weighted by atomic mass is 10.3. The van der Waals surface area contributed by atoms with E-state index in [0.717, 1.165) is 45.8 Å². The molecule has 3 heteroatoms. The van der Waals surface area contributed by atoms with Crippen LogP contribution in [-0.4, -0.2) is 44.3 Å². The molecule has 1 aliphatic heterocycles. The molecule has 0 spiro atoms. The van der Waals surface area contributed by atoms with Gasteiger partial charge in [-0.05, 0) is 19.5 Å². The molecule has 0 aromatic rings. The lowest BCUT2D eigenvalue weighted by molar-refractivity contribution is 0.0377. The summed E-state index contributed by atoms with van der Waals surface area (Å²) in [5.41, 5.74) is 5.39. The van der Waals surface area contributed by atoms with Gasteiger partial charge in [0.2, 0.25) is 0 Å². The molecule has 0 bridgehead atoms. The number of rotatable bonds is 3. The van der Waals surface area contributed by atoms with E-state index in [1.807, 2.05) is 0 Å². The Kier molecular flexibility index (Phi) is 6.51. The van der Waals surface area contributed by atoms with Crippen LogP contribution < -0.4 is 5.73 Å². The molecule has 0 atom stereocenters. The highest BCUT2D eigenvalue weighted by Gasteiger charge is 2.07. The van der Waals surface area contributed by atoms with Crippen molar-refractivity contribution in [3.05, 3.63) is 0 Å². The van der Waals surface area contributed by atoms with E-state index >= 15 is 0 Å². The Morgan fingerprint density at radius 3 is 2.45 bits per heavy atom. The van der Waals surface area contributed by atoms with Crippen LogP contribution in [0.25, 0.3) is 0 Å². The predicted molar refractivity (Wildman–Crippen MR) is 47.7 cm³/mol. The summed E-state index contributed by atoms with van der Waals surface area (Å²) < 4.78 is 5.21. The van der Waals surface area contributed by atoms with Crippen molar-refractivity contribution in [2.45, 2.75) is 13.8 Å². The summed E-state index contributed by atoms with van der Waals surface area (Å²) >= 11 is 0. The number of hydrogen-bond donors (Lipinski definition) is 1. The number of nitrogens with zero attached hydrogens (tertiary/aromatic N) is 1. The fraction of sp³-hybridized carbons (Fsp3) is 1.00. The number of morpholine rings is 1. The second kappa shape index (κ2) is 6.58. The van der Waals surface area contributed by atoms with Crippen molar-refractivity contribution in [2.75, 3.05) is 39.4 Å². The Morgan fingerprint density at radius 1 is 1.27 bits per heavy atom. The van der Waals surface area contributed by atoms with E-state index in [2.05, 4.69) is 4.90 Å². The number of ether oxygens (including phenoxy) is 1. The van der Waals surface area contributed by atoms with E-state index in [4.69, 9.17) is 10.5 Å². The third kappa shape index (κ3) is 4.35. The number of nitrogens with two attached hydrogens (primary N) is 1. The summed E-state index contributed by atoms with van der Waals surface area (Å²) in [6.45, 7) is 5.90. The molecule has 1 heterocycles. The first-order chi connectivity index (χ1) is 4.93. The molecular weight excluding hydrogens is 140 g/mol. The third-order valence-electron chi connectivity index (χ3n) is 1.78. The fourth-order valence-corrected chi connectivity index (χ4v) is 1.14. The van der Waals surface area contributed by atoms with Crippen molar-refractivity contribution in [1.82, 2.24) is 4.90 Å². The van der Waals surface area contributed by atoms with E-state index in [1.165, 1.54) is 0 Å². The first kappa shape index (κ1) is 10.9. The van der Waals surface area contributed by atoms with Crippen molar-refractivity contribution in [2.24, 2.45) is 5.73 Å². The molecule has 0 saturated carbocycles. The van der Waals surface area contributed by atoms with Crippen LogP contribution in [-0.2, 0) is 4.74 Å². The van der Waals surface area contributed by atoms with Gasteiger partial charge in [0.1, 0.15) is 0 Å². The summed E-state index contributed by atoms with van der Waals surface area (Å²) in [5.74, 6) is 0. The summed E-state index contributed by atoms with van der Waals surface area (Å²) in [6.07, 6.45) is 1.11. The summed E-state index contributed by atoms with van der Waals surface area (Å²) in [4.78, 5) is 2.40. The average Bonchev–Trinajstić information content (AvgIpc) is 2.03. The molecule has 1 fully saturated rings. The first-order valence-corrected chi connectivity index (χ1v) is 3.93. The molecule has 68 valence electrons. The largest absolute Gasteiger partial charge is 0.379 e. The van der Waals surface area contributed by atoms with Gasteiger partial charge in [0, 0.05) is 13.1 Å². The lowest BCUT2D eigenvalue weighted by Crippen LogP contribution is -2.37. The maximum atomic E-state index is 5.39. The van der Waals surface area contributed by atoms with Crippen LogP contribution in [0.3, 0.4) is 0 Å². The van der Waals surface area contributed by atoms with E-state index in [1.54, 1.807) is 0 Å². The molecule has 1 saturated heterocycles. The zero-order valence-corrected chi connectivity index (χ0v) is 6.38. The molecule has 0 aromatic carbocycles. The fourth-order valence-electron chi connectivity index (χ4n) is 1.14. The van der Waals surface area contributed by atoms with Crippen LogP contribution in [0.5, 0.6) is 0 Å². The van der Waals surface area contributed by atoms with Gasteiger partial charge in [0.15, 0.2) is 0 Å². The Balaban J connectivity index is 0.000001000. The minimum Gasteiger partial charge on any atom is -0.379 e. The lowest BCUT2D eigenvalue weighted by Gasteiger charge is -2.26. The highest BCUT2D eigenvalue weighted by atomic mass is 16.5. The summed E-state index contributed by atoms with van der Waals surface area (Å²) in [7, 11) is 0. The molecule has 2 N–H and O–H groups in total. The van der Waals surface area contributed by atoms with Crippen LogP contribution in [0.4, 0.5) is 0 Å². The van der Waals surface area contributed by atoms with Gasteiger partial charge >= 0.3 is 0 Å². The van der Waals surface area contributed by atoms with E-state index in [9.17, 15) is 0 Å². The molecule has 11 heavy (non-hydrogen) atoms. The topological polar surface area (TPSA) is 38.5 Å². The van der Waals surface area contributed by atoms with Gasteiger partial charge in [-0.25, -0.2) is 0 Å². The van der Waals surface area contributed by atoms with Crippen LogP contribution in [0.15, 0.2) is 0 Å². The Labute approximate surface area is 69.5 Å². The maximum Gasteiger partial charge on any atom is 0.0594 e. The van der Waals surface area contributed by atoms with Crippen LogP contribution in [0, 0.1) is 0 Å². The zero-order chi connectivity index (χ0) is 7.23. The quantitative estimate of drug-likeness (QED) is 0.645. The maximum absolute atomic E-state index is 5.39. The molecule has 0 amide bonds. The normalized spacial score (nSPS) is 19.4. The van der Waals surface area contributed by atoms with E-state index < -0.39 is 0 Å². The summed E-state index contributed by atoms with van der Waals surface area (Å²) in [6, 6.07) is 0. The molecule has 0 aliphatic carbocycles. The highest BCUT2D eigenvalue weighted by Crippen LogP contribution is 1.96. The Hall–Kier alpha value is -0.120. The standard InChI is InChI=1S/C7H16N2O.CH4/c8-2-1-3-9-4-6-10-7-5-9;/h1-8H2;1H4. The molecular formula is C8H20N2O. The zero-order valence-electron chi connectivity index (χ0n) is 6.38. The Morgan fingerprint density at radius 2 is 1.91 bits per heavy atom. The van der Waals surface area contributed by atoms with Gasteiger partial charge < -0.3 is 10.5 Å². The van der Waals surface area contributed by atoms with Crippen LogP contribution >= 0.6 is 0 Å². The predicted octanol–water partition coefficient (Wildman–Crippen LogP) is 0.304. The smallest absolute Gasteiger partial charge is 0.0594 e. The van der Waals surface area contributed by atoms with Crippen LogP contribution in [0.1, 0.15) is 13.8 Å². The van der Waals surface area contributed by atoms with Gasteiger partial charge in [0.25, 0.3) is 0 Å². The average molecular weight is 160 g/mol. The second-order valence-electron chi connectivity index (χ2n) is 2.60. The minimum absolute atomic E-state index is 0. The second-order valence-corrected chi connectivity index (χ2v) is 2.60. The molecule has 0 radical (unpaired) electrons. The number of hydrogen-bond acceptors (Lipinski definition) is 3. The van der Waals surface area contributed by atoms with Crippen molar-refractivity contribution in [3.63, 3.8) is 0 Å². The van der Waals surface area contributed by atoms with Gasteiger partial charge in [-0.15, -0.1) is 0 Å². The molecule has 0 unspecified atom stereocenters.